The summed E-state index contributed by atoms with van der Waals surface area (Å²) >= 11 is 0. The molecule has 168 valence electrons. The molecule has 0 spiro atoms. The van der Waals surface area contributed by atoms with Gasteiger partial charge in [-0.2, -0.15) is 5.48 Å². The maximum absolute atomic E-state index is 13.7. The lowest BCUT2D eigenvalue weighted by Gasteiger charge is -2.56. The highest BCUT2D eigenvalue weighted by molar-refractivity contribution is 5.96. The number of nitrogens with one attached hydrogen (secondary N) is 1. The summed E-state index contributed by atoms with van der Waals surface area (Å²) in [6, 6.07) is 26.3. The molecule has 3 N–H and O–H groups in total. The van der Waals surface area contributed by atoms with Gasteiger partial charge in [0.15, 0.2) is 5.75 Å². The van der Waals surface area contributed by atoms with Crippen LogP contribution in [0.2, 0.25) is 0 Å². The molecule has 1 saturated carbocycles. The van der Waals surface area contributed by atoms with E-state index in [-0.39, 0.29) is 6.42 Å². The first-order chi connectivity index (χ1) is 15.9. The summed E-state index contributed by atoms with van der Waals surface area (Å²) in [5, 5.41) is 20.0. The van der Waals surface area contributed by atoms with E-state index in [0.29, 0.717) is 11.3 Å². The number of aliphatic carboxylic acids is 2. The molecule has 0 heterocycles. The predicted octanol–water partition coefficient (Wildman–Crippen LogP) is 3.52. The molecule has 4 atom stereocenters. The summed E-state index contributed by atoms with van der Waals surface area (Å²) in [6.45, 7) is 0. The van der Waals surface area contributed by atoms with Crippen molar-refractivity contribution in [3.8, 4) is 5.75 Å². The van der Waals surface area contributed by atoms with Crippen LogP contribution in [-0.4, -0.2) is 28.1 Å². The number of hydrogen-bond donors (Lipinski definition) is 3. The fourth-order valence-corrected chi connectivity index (χ4v) is 4.94. The smallest absolute Gasteiger partial charge is 0.308 e. The average molecular weight is 445 g/mol. The highest BCUT2D eigenvalue weighted by Gasteiger charge is 2.71. The van der Waals surface area contributed by atoms with Crippen LogP contribution in [0, 0.1) is 17.3 Å². The second kappa shape index (κ2) is 9.16. The Hall–Kier alpha value is -4.13. The number of rotatable bonds is 8. The molecule has 0 radical (unpaired) electrons. The Morgan fingerprint density at radius 1 is 0.788 bits per heavy atom. The maximum Gasteiger partial charge on any atom is 0.308 e. The zero-order chi connectivity index (χ0) is 23.4. The molecule has 1 fully saturated rings. The van der Waals surface area contributed by atoms with Crippen molar-refractivity contribution in [2.45, 2.75) is 12.3 Å². The van der Waals surface area contributed by atoms with Crippen LogP contribution in [0.3, 0.4) is 0 Å². The van der Waals surface area contributed by atoms with E-state index in [1.807, 2.05) is 6.07 Å². The van der Waals surface area contributed by atoms with Crippen molar-refractivity contribution < 1.29 is 29.4 Å². The summed E-state index contributed by atoms with van der Waals surface area (Å²) < 4.78 is 0. The number of para-hydroxylation sites is 1. The first-order valence-electron chi connectivity index (χ1n) is 10.5. The van der Waals surface area contributed by atoms with E-state index in [2.05, 4.69) is 5.48 Å². The van der Waals surface area contributed by atoms with Crippen LogP contribution in [0.15, 0.2) is 91.0 Å². The summed E-state index contributed by atoms with van der Waals surface area (Å²) in [4.78, 5) is 43.7. The number of benzene rings is 3. The Morgan fingerprint density at radius 2 is 1.33 bits per heavy atom. The molecule has 4 rings (SSSR count). The van der Waals surface area contributed by atoms with Gasteiger partial charge < -0.3 is 15.1 Å². The molecule has 7 nitrogen and oxygen atoms in total. The predicted molar refractivity (Wildman–Crippen MR) is 119 cm³/mol. The molecule has 0 aliphatic heterocycles. The van der Waals surface area contributed by atoms with Crippen LogP contribution >= 0.6 is 0 Å². The summed E-state index contributed by atoms with van der Waals surface area (Å²) in [5.74, 6) is -6.46. The van der Waals surface area contributed by atoms with E-state index in [9.17, 15) is 24.6 Å². The van der Waals surface area contributed by atoms with Gasteiger partial charge in [0.25, 0.3) is 5.91 Å². The second-order valence-corrected chi connectivity index (χ2v) is 8.12. The van der Waals surface area contributed by atoms with Crippen LogP contribution in [0.25, 0.3) is 0 Å². The van der Waals surface area contributed by atoms with Crippen molar-refractivity contribution in [3.63, 3.8) is 0 Å². The monoisotopic (exact) mass is 445 g/mol. The molecule has 0 saturated heterocycles. The van der Waals surface area contributed by atoms with Gasteiger partial charge in [-0.3, -0.25) is 14.4 Å². The highest BCUT2D eigenvalue weighted by atomic mass is 16.7. The number of hydrogen-bond acceptors (Lipinski definition) is 4. The zero-order valence-corrected chi connectivity index (χ0v) is 17.6. The Labute approximate surface area is 190 Å². The molecule has 0 aromatic heterocycles. The number of carbonyl (C=O) groups excluding carboxylic acids is 1. The van der Waals surface area contributed by atoms with Gasteiger partial charge in [0.2, 0.25) is 0 Å². The molecule has 3 aromatic rings. The van der Waals surface area contributed by atoms with E-state index >= 15 is 0 Å². The first kappa shape index (κ1) is 22.1. The molecule has 7 heteroatoms. The molecular formula is C26H23NO6. The van der Waals surface area contributed by atoms with Crippen LogP contribution in [-0.2, 0) is 20.8 Å². The van der Waals surface area contributed by atoms with E-state index in [1.54, 1.807) is 84.9 Å². The number of carboxylic acid groups (broad SMARTS) is 2. The van der Waals surface area contributed by atoms with Gasteiger partial charge in [0, 0.05) is 5.92 Å². The molecule has 1 aliphatic carbocycles. The Kier molecular flexibility index (Phi) is 6.13. The zero-order valence-electron chi connectivity index (χ0n) is 17.6. The van der Waals surface area contributed by atoms with Crippen LogP contribution in [0.1, 0.15) is 17.0 Å². The van der Waals surface area contributed by atoms with Crippen LogP contribution < -0.4 is 10.3 Å². The van der Waals surface area contributed by atoms with Gasteiger partial charge in [0.05, 0.1) is 17.3 Å². The normalized spacial score (nSPS) is 23.7. The van der Waals surface area contributed by atoms with Gasteiger partial charge in [0.1, 0.15) is 0 Å². The van der Waals surface area contributed by atoms with E-state index in [1.165, 1.54) is 0 Å². The molecule has 4 unspecified atom stereocenters. The number of hydroxylamine groups is 1. The minimum atomic E-state index is -1.58. The van der Waals surface area contributed by atoms with Crippen LogP contribution in [0.4, 0.5) is 0 Å². The lowest BCUT2D eigenvalue weighted by atomic mass is 9.43. The quantitative estimate of drug-likeness (QED) is 0.457. The van der Waals surface area contributed by atoms with E-state index in [4.69, 9.17) is 4.84 Å². The van der Waals surface area contributed by atoms with Crippen molar-refractivity contribution in [2.75, 3.05) is 0 Å². The van der Waals surface area contributed by atoms with Gasteiger partial charge in [-0.15, -0.1) is 0 Å². The lowest BCUT2D eigenvalue weighted by molar-refractivity contribution is -0.190. The fourth-order valence-electron chi connectivity index (χ4n) is 4.94. The fraction of sp³-hybridized carbons (Fsp3) is 0.192. The first-order valence-corrected chi connectivity index (χ1v) is 10.5. The van der Waals surface area contributed by atoms with E-state index < -0.39 is 41.0 Å². The highest BCUT2D eigenvalue weighted by Crippen LogP contribution is 2.63. The molecule has 33 heavy (non-hydrogen) atoms. The molecular weight excluding hydrogens is 422 g/mol. The third-order valence-electron chi connectivity index (χ3n) is 6.31. The average Bonchev–Trinajstić information content (AvgIpc) is 2.81. The van der Waals surface area contributed by atoms with Gasteiger partial charge >= 0.3 is 11.9 Å². The topological polar surface area (TPSA) is 113 Å². The number of amides is 1. The van der Waals surface area contributed by atoms with Crippen molar-refractivity contribution in [3.05, 3.63) is 102 Å². The van der Waals surface area contributed by atoms with Crippen molar-refractivity contribution in [1.82, 2.24) is 5.48 Å². The molecule has 1 amide bonds. The Morgan fingerprint density at radius 3 is 1.88 bits per heavy atom. The molecule has 1 aliphatic rings. The summed E-state index contributed by atoms with van der Waals surface area (Å²) in [7, 11) is 0. The van der Waals surface area contributed by atoms with Crippen LogP contribution in [0.5, 0.6) is 5.75 Å². The molecule has 0 bridgehead atoms. The molecule has 3 aromatic carbocycles. The third kappa shape index (κ3) is 4.05. The van der Waals surface area contributed by atoms with Gasteiger partial charge in [-0.1, -0.05) is 78.9 Å². The van der Waals surface area contributed by atoms with Crippen molar-refractivity contribution in [1.29, 1.82) is 0 Å². The van der Waals surface area contributed by atoms with Gasteiger partial charge in [-0.25, -0.2) is 0 Å². The summed E-state index contributed by atoms with van der Waals surface area (Å²) in [5.41, 5.74) is 2.15. The van der Waals surface area contributed by atoms with Crippen molar-refractivity contribution >= 4 is 17.8 Å². The third-order valence-corrected chi connectivity index (χ3v) is 6.31. The lowest BCUT2D eigenvalue weighted by Crippen LogP contribution is -2.68. The summed E-state index contributed by atoms with van der Waals surface area (Å²) in [6.07, 6.45) is 0.0398. The minimum absolute atomic E-state index is 0.0398. The second-order valence-electron chi connectivity index (χ2n) is 8.12. The minimum Gasteiger partial charge on any atom is -0.481 e. The number of carbonyl (C=O) groups is 3. The SMILES string of the molecule is O=C(O)C1C(C(=O)O)C(Cc2ccccc2)(C(=O)NOc2ccccc2)C1c1ccccc1. The Bertz CT molecular complexity index is 1140. The Balaban J connectivity index is 1.81. The standard InChI is InChI=1S/C26H23NO6/c28-23(29)20-21(18-12-6-2-7-13-18)26(22(20)24(30)31,16-17-10-4-1-5-11-17)25(32)27-33-19-14-8-3-9-15-19/h1-15,20-22H,16H2,(H,27,32)(H,28,29)(H,30,31). The maximum atomic E-state index is 13.7. The van der Waals surface area contributed by atoms with Gasteiger partial charge in [-0.05, 0) is 29.7 Å². The van der Waals surface area contributed by atoms with E-state index in [0.717, 1.165) is 5.56 Å². The number of carboxylic acids is 2. The largest absolute Gasteiger partial charge is 0.481 e. The van der Waals surface area contributed by atoms with Crippen molar-refractivity contribution in [2.24, 2.45) is 17.3 Å².